The fraction of sp³-hybridized carbons (Fsp3) is 0.304. The molecule has 0 bridgehead atoms. The van der Waals surface area contributed by atoms with Gasteiger partial charge in [0.1, 0.15) is 23.0 Å². The molecule has 1 aromatic heterocycles. The molecule has 6 nitrogen and oxygen atoms in total. The van der Waals surface area contributed by atoms with Gasteiger partial charge in [0.05, 0.1) is 6.04 Å². The van der Waals surface area contributed by atoms with Crippen LogP contribution in [0.1, 0.15) is 28.6 Å². The Hall–Kier alpha value is -3.26. The first-order valence-corrected chi connectivity index (χ1v) is 10.2. The van der Waals surface area contributed by atoms with Crippen LogP contribution in [0.25, 0.3) is 0 Å². The van der Waals surface area contributed by atoms with Crippen molar-refractivity contribution in [2.75, 3.05) is 31.5 Å². The highest BCUT2D eigenvalue weighted by Crippen LogP contribution is 2.30. The minimum atomic E-state index is -0.303. The average Bonchev–Trinajstić information content (AvgIpc) is 3.09. The van der Waals surface area contributed by atoms with E-state index >= 15 is 0 Å². The van der Waals surface area contributed by atoms with Gasteiger partial charge in [0, 0.05) is 26.2 Å². The molecule has 2 aromatic carbocycles. The molecule has 8 heteroatoms. The zero-order chi connectivity index (χ0) is 22.0. The number of rotatable bonds is 4. The summed E-state index contributed by atoms with van der Waals surface area (Å²) in [6, 6.07) is 12.4. The van der Waals surface area contributed by atoms with E-state index in [1.807, 2.05) is 0 Å². The van der Waals surface area contributed by atoms with Crippen LogP contribution in [0.5, 0.6) is 0 Å². The van der Waals surface area contributed by atoms with Crippen molar-refractivity contribution < 1.29 is 18.1 Å². The van der Waals surface area contributed by atoms with Crippen molar-refractivity contribution >= 4 is 11.7 Å². The van der Waals surface area contributed by atoms with Gasteiger partial charge in [-0.25, -0.2) is 13.6 Å². The molecule has 1 N–H and O–H groups in total. The van der Waals surface area contributed by atoms with Crippen molar-refractivity contribution in [3.8, 4) is 0 Å². The van der Waals surface area contributed by atoms with E-state index in [0.717, 1.165) is 11.1 Å². The fourth-order valence-corrected chi connectivity index (χ4v) is 3.93. The number of carbonyl (C=O) groups is 1. The van der Waals surface area contributed by atoms with Crippen molar-refractivity contribution in [1.29, 1.82) is 0 Å². The number of nitrogens with zero attached hydrogens (tertiary/aromatic N) is 3. The quantitative estimate of drug-likeness (QED) is 0.667. The minimum Gasteiger partial charge on any atom is -0.359 e. The Bertz CT molecular complexity index is 977. The highest BCUT2D eigenvalue weighted by molar-refractivity contribution is 5.90. The normalized spacial score (nSPS) is 14.8. The zero-order valence-corrected chi connectivity index (χ0v) is 17.4. The molecule has 31 heavy (non-hydrogen) atoms. The van der Waals surface area contributed by atoms with Gasteiger partial charge in [-0.2, -0.15) is 0 Å². The van der Waals surface area contributed by atoms with Crippen LogP contribution in [-0.4, -0.2) is 47.2 Å². The van der Waals surface area contributed by atoms with Crippen molar-refractivity contribution in [1.82, 2.24) is 15.0 Å². The van der Waals surface area contributed by atoms with E-state index in [0.29, 0.717) is 43.3 Å². The van der Waals surface area contributed by atoms with Gasteiger partial charge >= 0.3 is 6.03 Å². The SMILES string of the molecule is Cc1noc(C)c1NC(=O)N1CCN(C(c2ccc(F)cc2)c2ccc(F)cc2)CC1. The molecule has 2 amide bonds. The fourth-order valence-electron chi connectivity index (χ4n) is 3.93. The monoisotopic (exact) mass is 426 g/mol. The molecule has 3 aromatic rings. The van der Waals surface area contributed by atoms with Crippen LogP contribution in [0.4, 0.5) is 19.3 Å². The van der Waals surface area contributed by atoms with Crippen molar-refractivity contribution in [2.45, 2.75) is 19.9 Å². The summed E-state index contributed by atoms with van der Waals surface area (Å²) in [7, 11) is 0. The van der Waals surface area contributed by atoms with Crippen molar-refractivity contribution in [3.63, 3.8) is 0 Å². The Labute approximate surface area is 179 Å². The van der Waals surface area contributed by atoms with Crippen LogP contribution in [0.3, 0.4) is 0 Å². The molecular formula is C23H24F2N4O2. The summed E-state index contributed by atoms with van der Waals surface area (Å²) in [5.41, 5.74) is 3.07. The van der Waals surface area contributed by atoms with Gasteiger partial charge in [-0.1, -0.05) is 29.4 Å². The number of benzene rings is 2. The number of amides is 2. The Balaban J connectivity index is 1.49. The van der Waals surface area contributed by atoms with Crippen LogP contribution >= 0.6 is 0 Å². The van der Waals surface area contributed by atoms with E-state index in [1.165, 1.54) is 24.3 Å². The topological polar surface area (TPSA) is 61.6 Å². The highest BCUT2D eigenvalue weighted by atomic mass is 19.1. The zero-order valence-electron chi connectivity index (χ0n) is 17.4. The third-order valence-electron chi connectivity index (χ3n) is 5.60. The average molecular weight is 426 g/mol. The lowest BCUT2D eigenvalue weighted by molar-refractivity contribution is 0.126. The second kappa shape index (κ2) is 8.85. The van der Waals surface area contributed by atoms with E-state index in [4.69, 9.17) is 4.52 Å². The van der Waals surface area contributed by atoms with Gasteiger partial charge in [-0.15, -0.1) is 0 Å². The summed E-state index contributed by atoms with van der Waals surface area (Å²) >= 11 is 0. The van der Waals surface area contributed by atoms with Gasteiger partial charge in [0.25, 0.3) is 0 Å². The molecule has 0 aliphatic carbocycles. The molecule has 1 aliphatic rings. The summed E-state index contributed by atoms with van der Waals surface area (Å²) in [6.45, 7) is 5.81. The molecule has 0 atom stereocenters. The standard InChI is InChI=1S/C23H24F2N4O2/c1-15-21(16(2)31-27-15)26-23(30)29-13-11-28(12-14-29)22(17-3-7-19(24)8-4-17)18-5-9-20(25)10-6-18/h3-10,22H,11-14H2,1-2H3,(H,26,30). The first kappa shape index (κ1) is 21.0. The second-order valence-corrected chi connectivity index (χ2v) is 7.66. The molecule has 0 spiro atoms. The lowest BCUT2D eigenvalue weighted by Gasteiger charge is -2.39. The Morgan fingerprint density at radius 2 is 1.45 bits per heavy atom. The first-order chi connectivity index (χ1) is 14.9. The molecule has 1 aliphatic heterocycles. The lowest BCUT2D eigenvalue weighted by Crippen LogP contribution is -2.51. The number of hydrogen-bond donors (Lipinski definition) is 1. The molecular weight excluding hydrogens is 402 g/mol. The number of urea groups is 1. The largest absolute Gasteiger partial charge is 0.359 e. The van der Waals surface area contributed by atoms with Crippen LogP contribution in [-0.2, 0) is 0 Å². The van der Waals surface area contributed by atoms with Crippen LogP contribution in [0.15, 0.2) is 53.1 Å². The van der Waals surface area contributed by atoms with E-state index in [-0.39, 0.29) is 23.7 Å². The van der Waals surface area contributed by atoms with Gasteiger partial charge < -0.3 is 14.7 Å². The van der Waals surface area contributed by atoms with Crippen LogP contribution in [0.2, 0.25) is 0 Å². The molecule has 0 unspecified atom stereocenters. The summed E-state index contributed by atoms with van der Waals surface area (Å²) in [5, 5.41) is 6.74. The Morgan fingerprint density at radius 3 is 1.90 bits per heavy atom. The number of piperazine rings is 1. The van der Waals surface area contributed by atoms with Gasteiger partial charge in [-0.3, -0.25) is 4.90 Å². The number of aromatic nitrogens is 1. The molecule has 0 radical (unpaired) electrons. The predicted molar refractivity (Wildman–Crippen MR) is 113 cm³/mol. The third kappa shape index (κ3) is 4.59. The molecule has 0 saturated carbocycles. The number of halogens is 2. The van der Waals surface area contributed by atoms with Gasteiger partial charge in [0.15, 0.2) is 5.76 Å². The first-order valence-electron chi connectivity index (χ1n) is 10.2. The summed E-state index contributed by atoms with van der Waals surface area (Å²) in [5.74, 6) is -0.0398. The number of nitrogens with one attached hydrogen (secondary N) is 1. The molecule has 162 valence electrons. The number of aryl methyl sites for hydroxylation is 2. The van der Waals surface area contributed by atoms with Crippen molar-refractivity contribution in [3.05, 3.63) is 82.7 Å². The molecule has 4 rings (SSSR count). The number of hydrogen-bond acceptors (Lipinski definition) is 4. The number of anilines is 1. The minimum absolute atomic E-state index is 0.158. The lowest BCUT2D eigenvalue weighted by atomic mass is 9.96. The Kier molecular flexibility index (Phi) is 5.99. The third-order valence-corrected chi connectivity index (χ3v) is 5.60. The maximum atomic E-state index is 13.5. The summed E-state index contributed by atoms with van der Waals surface area (Å²) < 4.78 is 32.1. The molecule has 1 saturated heterocycles. The van der Waals surface area contributed by atoms with Gasteiger partial charge in [0.2, 0.25) is 0 Å². The van der Waals surface area contributed by atoms with Crippen molar-refractivity contribution in [2.24, 2.45) is 0 Å². The maximum absolute atomic E-state index is 13.5. The number of carbonyl (C=O) groups excluding carboxylic acids is 1. The Morgan fingerprint density at radius 1 is 0.935 bits per heavy atom. The van der Waals surface area contributed by atoms with E-state index in [1.54, 1.807) is 43.0 Å². The predicted octanol–water partition coefficient (Wildman–Crippen LogP) is 4.51. The van der Waals surface area contributed by atoms with E-state index in [2.05, 4.69) is 15.4 Å². The van der Waals surface area contributed by atoms with Gasteiger partial charge in [-0.05, 0) is 49.2 Å². The van der Waals surface area contributed by atoms with Crippen LogP contribution < -0.4 is 5.32 Å². The summed E-state index contributed by atoms with van der Waals surface area (Å²) in [4.78, 5) is 16.7. The summed E-state index contributed by atoms with van der Waals surface area (Å²) in [6.07, 6.45) is 0. The smallest absolute Gasteiger partial charge is 0.322 e. The van der Waals surface area contributed by atoms with E-state index in [9.17, 15) is 13.6 Å². The maximum Gasteiger partial charge on any atom is 0.322 e. The van der Waals surface area contributed by atoms with Crippen LogP contribution in [0, 0.1) is 25.5 Å². The molecule has 2 heterocycles. The molecule has 1 fully saturated rings. The second-order valence-electron chi connectivity index (χ2n) is 7.66. The highest BCUT2D eigenvalue weighted by Gasteiger charge is 2.29. The van der Waals surface area contributed by atoms with E-state index < -0.39 is 0 Å².